The van der Waals surface area contributed by atoms with Crippen LogP contribution >= 0.6 is 0 Å². The third kappa shape index (κ3) is 841. The van der Waals surface area contributed by atoms with E-state index < -0.39 is 11.9 Å². The summed E-state index contributed by atoms with van der Waals surface area (Å²) in [5.74, 6) is -2.17. The Morgan fingerprint density at radius 3 is 1.00 bits per heavy atom. The summed E-state index contributed by atoms with van der Waals surface area (Å²) < 4.78 is 0. The molecule has 0 fully saturated rings. The zero-order valence-corrected chi connectivity index (χ0v) is 8.31. The van der Waals surface area contributed by atoms with Crippen molar-refractivity contribution in [2.75, 3.05) is 0 Å². The van der Waals surface area contributed by atoms with Gasteiger partial charge in [-0.25, -0.2) is 0 Å². The average Bonchev–Trinajstić information content (AvgIpc) is 1.25. The number of carbonyl (C=O) groups is 2. The van der Waals surface area contributed by atoms with Gasteiger partial charge in [-0.3, -0.25) is 0 Å². The monoisotopic (exact) mass is 194 g/mol. The van der Waals surface area contributed by atoms with Crippen molar-refractivity contribution in [1.82, 2.24) is 0 Å². The third-order valence-electron chi connectivity index (χ3n) is 0. The number of rotatable bonds is 0. The van der Waals surface area contributed by atoms with Crippen LogP contribution in [0.1, 0.15) is 13.8 Å². The summed E-state index contributed by atoms with van der Waals surface area (Å²) >= 11 is 0. The molecule has 0 atom stereocenters. The zero-order valence-electron chi connectivity index (χ0n) is 5.34. The van der Waals surface area contributed by atoms with Gasteiger partial charge in [-0.2, -0.15) is 0 Å². The summed E-state index contributed by atoms with van der Waals surface area (Å²) in [5, 5.41) is 17.8. The van der Waals surface area contributed by atoms with Crippen LogP contribution in [0.25, 0.3) is 0 Å². The Bertz CT molecular complexity index is 70.6. The Morgan fingerprint density at radius 1 is 1.00 bits per heavy atom. The predicted molar refractivity (Wildman–Crippen MR) is 29.9 cm³/mol. The van der Waals surface area contributed by atoms with E-state index in [-0.39, 0.29) is 17.6 Å². The Balaban J connectivity index is -0.0000000720. The molecule has 5 heteroatoms. The van der Waals surface area contributed by atoms with E-state index in [4.69, 9.17) is 19.8 Å². The van der Waals surface area contributed by atoms with Gasteiger partial charge in [0, 0.05) is 11.9 Å². The van der Waals surface area contributed by atoms with Gasteiger partial charge in [0.05, 0.1) is 0 Å². The van der Waals surface area contributed by atoms with Crippen LogP contribution < -0.4 is 10.2 Å². The van der Waals surface area contributed by atoms with Gasteiger partial charge in [-0.15, -0.1) is 0 Å². The Kier molecular flexibility index (Phi) is 18.4. The summed E-state index contributed by atoms with van der Waals surface area (Å²) in [7, 11) is 0. The normalized spacial score (nSPS) is 5.56. The van der Waals surface area contributed by atoms with E-state index in [0.717, 1.165) is 13.8 Å². The standard InChI is InChI=1S/2C2H4O2.GeH2/c2*1-2(3)4;/h2*1H3,(H,3,4);1H2/q;;+2/p-2. The minimum absolute atomic E-state index is 0. The number of carbonyl (C=O) groups excluding carboxylic acids is 2. The third-order valence-corrected chi connectivity index (χ3v) is 0. The molecule has 4 nitrogen and oxygen atoms in total. The van der Waals surface area contributed by atoms with E-state index in [1.165, 1.54) is 0 Å². The van der Waals surface area contributed by atoms with Gasteiger partial charge in [0.2, 0.25) is 0 Å². The van der Waals surface area contributed by atoms with Crippen molar-refractivity contribution in [2.45, 2.75) is 13.8 Å². The van der Waals surface area contributed by atoms with Crippen LogP contribution in [0.15, 0.2) is 0 Å². The molecular formula is C4H8GeO4. The van der Waals surface area contributed by atoms with Gasteiger partial charge >= 0.3 is 17.6 Å². The first-order chi connectivity index (χ1) is 3.46. The van der Waals surface area contributed by atoms with E-state index in [2.05, 4.69) is 0 Å². The fourth-order valence-electron chi connectivity index (χ4n) is 0. The van der Waals surface area contributed by atoms with Crippen LogP contribution in [0.3, 0.4) is 0 Å². The Labute approximate surface area is 63.8 Å². The Hall–Kier alpha value is -0.517. The number of carboxylic acid groups (broad SMARTS) is 2. The van der Waals surface area contributed by atoms with E-state index in [0.29, 0.717) is 0 Å². The zero-order chi connectivity index (χ0) is 7.15. The van der Waals surface area contributed by atoms with Crippen LogP contribution in [0.5, 0.6) is 0 Å². The van der Waals surface area contributed by atoms with Crippen molar-refractivity contribution in [3.05, 3.63) is 0 Å². The van der Waals surface area contributed by atoms with Crippen LogP contribution in [-0.4, -0.2) is 29.5 Å². The van der Waals surface area contributed by atoms with E-state index in [1.54, 1.807) is 0 Å². The summed E-state index contributed by atoms with van der Waals surface area (Å²) in [4.78, 5) is 17.8. The molecule has 0 aliphatic carbocycles. The molecule has 0 radical (unpaired) electrons. The van der Waals surface area contributed by atoms with Crippen molar-refractivity contribution in [3.8, 4) is 0 Å². The molecule has 0 aromatic carbocycles. The molecule has 52 valence electrons. The number of hydrogen-bond acceptors (Lipinski definition) is 4. The van der Waals surface area contributed by atoms with Crippen molar-refractivity contribution in [1.29, 1.82) is 0 Å². The number of aliphatic carboxylic acids is 2. The second kappa shape index (κ2) is 10.5. The fraction of sp³-hybridized carbons (Fsp3) is 0.500. The molecule has 0 saturated heterocycles. The van der Waals surface area contributed by atoms with Crippen molar-refractivity contribution in [3.63, 3.8) is 0 Å². The molecule has 0 aliphatic rings. The summed E-state index contributed by atoms with van der Waals surface area (Å²) in [6, 6.07) is 0. The molecule has 0 saturated carbocycles. The van der Waals surface area contributed by atoms with Crippen LogP contribution in [0, 0.1) is 0 Å². The summed E-state index contributed by atoms with van der Waals surface area (Å²) in [5.41, 5.74) is 0. The number of carboxylic acids is 2. The first-order valence-electron chi connectivity index (χ1n) is 1.82. The molecule has 0 N–H and O–H groups in total. The predicted octanol–water partition coefficient (Wildman–Crippen LogP) is -3.40. The SMILES string of the molecule is CC(=O)[O-].CC(=O)[O-].[GeH2+2]. The summed E-state index contributed by atoms with van der Waals surface area (Å²) in [6.07, 6.45) is 0. The molecule has 0 spiro atoms. The first kappa shape index (κ1) is 15.8. The molecule has 0 aromatic rings. The van der Waals surface area contributed by atoms with Gasteiger partial charge < -0.3 is 19.8 Å². The fourth-order valence-corrected chi connectivity index (χ4v) is 0. The van der Waals surface area contributed by atoms with Crippen molar-refractivity contribution in [2.24, 2.45) is 0 Å². The number of hydrogen-bond donors (Lipinski definition) is 0. The molecule has 0 bridgehead atoms. The maximum atomic E-state index is 8.89. The van der Waals surface area contributed by atoms with Gasteiger partial charge in [-0.05, 0) is 13.8 Å². The molecule has 0 aliphatic heterocycles. The van der Waals surface area contributed by atoms with Crippen LogP contribution in [0.4, 0.5) is 0 Å². The second-order valence-corrected chi connectivity index (χ2v) is 0.983. The molecular weight excluding hydrogens is 185 g/mol. The molecule has 0 unspecified atom stereocenters. The van der Waals surface area contributed by atoms with E-state index in [9.17, 15) is 0 Å². The van der Waals surface area contributed by atoms with E-state index >= 15 is 0 Å². The topological polar surface area (TPSA) is 80.3 Å². The average molecular weight is 193 g/mol. The summed E-state index contributed by atoms with van der Waals surface area (Å²) in [6.45, 7) is 1.94. The van der Waals surface area contributed by atoms with Gasteiger partial charge in [-0.1, -0.05) is 0 Å². The first-order valence-corrected chi connectivity index (χ1v) is 1.82. The second-order valence-electron chi connectivity index (χ2n) is 0.983. The van der Waals surface area contributed by atoms with Gasteiger partial charge in [0.15, 0.2) is 0 Å². The van der Waals surface area contributed by atoms with Gasteiger partial charge in [0.1, 0.15) is 0 Å². The van der Waals surface area contributed by atoms with Crippen LogP contribution in [-0.2, 0) is 9.59 Å². The maximum absolute atomic E-state index is 8.89. The molecule has 0 rings (SSSR count). The molecule has 0 heterocycles. The molecule has 0 amide bonds. The van der Waals surface area contributed by atoms with Crippen molar-refractivity contribution < 1.29 is 19.8 Å². The molecule has 9 heavy (non-hydrogen) atoms. The van der Waals surface area contributed by atoms with E-state index in [1.807, 2.05) is 0 Å². The minimum atomic E-state index is -1.08. The van der Waals surface area contributed by atoms with Crippen LogP contribution in [0.2, 0.25) is 0 Å². The molecule has 0 aromatic heterocycles. The van der Waals surface area contributed by atoms with Gasteiger partial charge in [0.25, 0.3) is 0 Å². The Morgan fingerprint density at radius 2 is 1.00 bits per heavy atom. The quantitative estimate of drug-likeness (QED) is 0.375. The van der Waals surface area contributed by atoms with Crippen molar-refractivity contribution >= 4 is 29.5 Å².